The second-order valence-electron chi connectivity index (χ2n) is 9.33. The normalized spacial score (nSPS) is 23.3. The Labute approximate surface area is 201 Å². The van der Waals surface area contributed by atoms with Gasteiger partial charge in [0.1, 0.15) is 12.2 Å². The van der Waals surface area contributed by atoms with Crippen molar-refractivity contribution < 1.29 is 15.2 Å². The smallest absolute Gasteiger partial charge is 0.347 e. The largest absolute Gasteiger partial charge is 0.349 e. The summed E-state index contributed by atoms with van der Waals surface area (Å²) in [6.45, 7) is 23.0. The van der Waals surface area contributed by atoms with E-state index in [1.807, 2.05) is 0 Å². The Kier molecular flexibility index (Phi) is 9.81. The van der Waals surface area contributed by atoms with Gasteiger partial charge in [-0.3, -0.25) is 9.47 Å². The summed E-state index contributed by atoms with van der Waals surface area (Å²) in [5.74, 6) is 0. The SMILES string of the molecule is [2H]C[C@@]1(COP(OCC[N+]#[C-])N(C(C)C)C(C)C)CN(C(C)C)C[C@H](n2ccc(C)nc2=O)O1. The third-order valence-corrected chi connectivity index (χ3v) is 7.42. The highest BCUT2D eigenvalue weighted by molar-refractivity contribution is 7.44. The molecule has 1 aliphatic heterocycles. The summed E-state index contributed by atoms with van der Waals surface area (Å²) in [6, 6.07) is 2.34. The number of aromatic nitrogens is 2. The molecule has 1 aliphatic rings. The van der Waals surface area contributed by atoms with Crippen molar-refractivity contribution in [3.63, 3.8) is 0 Å². The fraction of sp³-hybridized carbons (Fsp3) is 0.783. The molecule has 1 saturated heterocycles. The van der Waals surface area contributed by atoms with E-state index in [0.717, 1.165) is 0 Å². The van der Waals surface area contributed by atoms with Crippen molar-refractivity contribution in [3.05, 3.63) is 39.9 Å². The number of morpholine rings is 1. The minimum Gasteiger partial charge on any atom is -0.347 e. The average Bonchev–Trinajstić information content (AvgIpc) is 2.76. The molecule has 0 N–H and O–H groups in total. The predicted molar refractivity (Wildman–Crippen MR) is 131 cm³/mol. The fourth-order valence-electron chi connectivity index (χ4n) is 3.81. The van der Waals surface area contributed by atoms with E-state index in [1.165, 1.54) is 4.57 Å². The van der Waals surface area contributed by atoms with E-state index in [0.29, 0.717) is 18.8 Å². The van der Waals surface area contributed by atoms with E-state index >= 15 is 0 Å². The molecular formula is C23H40N5O4P. The fourth-order valence-corrected chi connectivity index (χ4v) is 5.49. The zero-order chi connectivity index (χ0) is 25.5. The maximum Gasteiger partial charge on any atom is 0.349 e. The van der Waals surface area contributed by atoms with Crippen molar-refractivity contribution in [3.8, 4) is 0 Å². The lowest BCUT2D eigenvalue weighted by Crippen LogP contribution is -2.57. The lowest BCUT2D eigenvalue weighted by Gasteiger charge is -2.46. The van der Waals surface area contributed by atoms with Gasteiger partial charge in [-0.15, -0.1) is 0 Å². The third-order valence-electron chi connectivity index (χ3n) is 5.37. The number of hydrogen-bond donors (Lipinski definition) is 0. The lowest BCUT2D eigenvalue weighted by molar-refractivity contribution is -0.193. The van der Waals surface area contributed by atoms with Crippen molar-refractivity contribution in [1.29, 1.82) is 0 Å². The first kappa shape index (κ1) is 26.2. The van der Waals surface area contributed by atoms with E-state index in [-0.39, 0.29) is 50.5 Å². The Bertz CT molecular complexity index is 870. The van der Waals surface area contributed by atoms with E-state index < -0.39 is 20.4 Å². The lowest BCUT2D eigenvalue weighted by atomic mass is 10.0. The molecule has 2 rings (SSSR count). The Balaban J connectivity index is 2.31. The zero-order valence-electron chi connectivity index (χ0n) is 22.0. The molecule has 33 heavy (non-hydrogen) atoms. The first-order valence-corrected chi connectivity index (χ1v) is 12.6. The van der Waals surface area contributed by atoms with Crippen LogP contribution in [-0.4, -0.2) is 75.7 Å². The van der Waals surface area contributed by atoms with Crippen LogP contribution in [0.1, 0.15) is 61.7 Å². The van der Waals surface area contributed by atoms with Crippen LogP contribution in [0.5, 0.6) is 0 Å². The van der Waals surface area contributed by atoms with Gasteiger partial charge in [-0.2, -0.15) is 4.98 Å². The molecule has 0 bridgehead atoms. The van der Waals surface area contributed by atoms with Gasteiger partial charge in [0.2, 0.25) is 6.54 Å². The number of ether oxygens (including phenoxy) is 1. The van der Waals surface area contributed by atoms with Gasteiger partial charge in [0, 0.05) is 44.5 Å². The molecule has 0 radical (unpaired) electrons. The second-order valence-corrected chi connectivity index (χ2v) is 10.8. The molecule has 0 aromatic carbocycles. The van der Waals surface area contributed by atoms with Gasteiger partial charge in [0.15, 0.2) is 6.23 Å². The van der Waals surface area contributed by atoms with Crippen LogP contribution >= 0.6 is 8.53 Å². The van der Waals surface area contributed by atoms with E-state index in [4.69, 9.17) is 21.7 Å². The quantitative estimate of drug-likeness (QED) is 0.269. The van der Waals surface area contributed by atoms with Crippen LogP contribution in [0.3, 0.4) is 0 Å². The molecule has 10 heteroatoms. The Morgan fingerprint density at radius 3 is 2.61 bits per heavy atom. The van der Waals surface area contributed by atoms with Crippen molar-refractivity contribution in [1.82, 2.24) is 19.1 Å². The number of nitrogens with zero attached hydrogens (tertiary/aromatic N) is 5. The second kappa shape index (κ2) is 12.3. The Morgan fingerprint density at radius 2 is 2.06 bits per heavy atom. The van der Waals surface area contributed by atoms with Crippen LogP contribution in [0.25, 0.3) is 4.85 Å². The van der Waals surface area contributed by atoms with E-state index in [1.54, 1.807) is 19.2 Å². The minimum atomic E-state index is -1.46. The van der Waals surface area contributed by atoms with Gasteiger partial charge in [0.05, 0.1) is 6.61 Å². The van der Waals surface area contributed by atoms with Crippen LogP contribution in [0.4, 0.5) is 0 Å². The summed E-state index contributed by atoms with van der Waals surface area (Å²) in [6.07, 6.45) is 1.13. The summed E-state index contributed by atoms with van der Waals surface area (Å²) >= 11 is 0. The third kappa shape index (κ3) is 7.81. The molecule has 1 unspecified atom stereocenters. The van der Waals surface area contributed by atoms with Crippen molar-refractivity contribution in [2.75, 3.05) is 32.8 Å². The molecule has 186 valence electrons. The maximum atomic E-state index is 12.6. The van der Waals surface area contributed by atoms with Crippen LogP contribution in [0, 0.1) is 13.5 Å². The summed E-state index contributed by atoms with van der Waals surface area (Å²) in [5.41, 5.74) is -0.663. The highest BCUT2D eigenvalue weighted by Crippen LogP contribution is 2.47. The van der Waals surface area contributed by atoms with Gasteiger partial charge >= 0.3 is 5.69 Å². The van der Waals surface area contributed by atoms with E-state index in [2.05, 4.69) is 60.9 Å². The first-order chi connectivity index (χ1) is 16.0. The van der Waals surface area contributed by atoms with Gasteiger partial charge < -0.3 is 18.6 Å². The standard InChI is InChI=1S/C23H40N5O4P/c1-17(2)26-14-21(27-12-10-20(7)25-22(27)29)32-23(8,15-26)16-31-33(30-13-11-24-9)28(18(3)4)19(5)6/h10,12,17-19,21H,11,13-16H2,1-8H3/t21-,23+,33?/m1/s1/i8D. The number of aryl methyl sites for hydroxylation is 1. The topological polar surface area (TPSA) is 73.4 Å². The molecule has 0 amide bonds. The van der Waals surface area contributed by atoms with Gasteiger partial charge in [-0.25, -0.2) is 16.0 Å². The van der Waals surface area contributed by atoms with Crippen LogP contribution in [-0.2, 0) is 13.8 Å². The van der Waals surface area contributed by atoms with Crippen LogP contribution < -0.4 is 5.69 Å². The van der Waals surface area contributed by atoms with Gasteiger partial charge in [-0.05, 0) is 61.4 Å². The van der Waals surface area contributed by atoms with Crippen molar-refractivity contribution in [2.45, 2.75) is 85.3 Å². The molecule has 0 aliphatic carbocycles. The molecule has 0 spiro atoms. The summed E-state index contributed by atoms with van der Waals surface area (Å²) in [5, 5.41) is 0. The van der Waals surface area contributed by atoms with Crippen LogP contribution in [0.15, 0.2) is 17.1 Å². The highest BCUT2D eigenvalue weighted by atomic mass is 31.2. The minimum absolute atomic E-state index is 0.0324. The monoisotopic (exact) mass is 482 g/mol. The highest BCUT2D eigenvalue weighted by Gasteiger charge is 2.41. The summed E-state index contributed by atoms with van der Waals surface area (Å²) in [7, 11) is -1.46. The zero-order valence-corrected chi connectivity index (χ0v) is 21.9. The Hall–Kier alpha value is -1.40. The predicted octanol–water partition coefficient (Wildman–Crippen LogP) is 3.85. The molecule has 1 aromatic rings. The molecule has 3 atom stereocenters. The van der Waals surface area contributed by atoms with Crippen LogP contribution in [0.2, 0.25) is 0 Å². The first-order valence-electron chi connectivity index (χ1n) is 12.2. The molecule has 1 aromatic heterocycles. The number of hydrogen-bond acceptors (Lipinski definition) is 7. The molecule has 2 heterocycles. The molecular weight excluding hydrogens is 441 g/mol. The molecule has 9 nitrogen and oxygen atoms in total. The maximum absolute atomic E-state index is 12.6. The average molecular weight is 483 g/mol. The van der Waals surface area contributed by atoms with E-state index in [9.17, 15) is 4.79 Å². The summed E-state index contributed by atoms with van der Waals surface area (Å²) < 4.78 is 30.9. The molecule has 1 fully saturated rings. The van der Waals surface area contributed by atoms with Crippen molar-refractivity contribution >= 4 is 8.53 Å². The molecule has 0 saturated carbocycles. The van der Waals surface area contributed by atoms with Gasteiger partial charge in [0.25, 0.3) is 8.53 Å². The number of rotatable bonds is 11. The summed E-state index contributed by atoms with van der Waals surface area (Å²) in [4.78, 5) is 22.2. The van der Waals surface area contributed by atoms with Gasteiger partial charge in [-0.1, -0.05) is 0 Å². The van der Waals surface area contributed by atoms with Crippen molar-refractivity contribution in [2.24, 2.45) is 0 Å². The Morgan fingerprint density at radius 1 is 1.36 bits per heavy atom.